The van der Waals surface area contributed by atoms with Crippen LogP contribution in [0.5, 0.6) is 0 Å². The number of rotatable bonds is 6. The standard InChI is InChI=1S/C17H25NO3S/c1-16(2,3)22-13-8-6-12(7-9-13)18-14(19)10-17(4,5)11-15(20)21/h6-9H,10-11H2,1-5H3,(H,18,19)(H,20,21). The van der Waals surface area contributed by atoms with E-state index in [-0.39, 0.29) is 23.5 Å². The van der Waals surface area contributed by atoms with Crippen LogP contribution in [0.25, 0.3) is 0 Å². The van der Waals surface area contributed by atoms with Gasteiger partial charge in [0.2, 0.25) is 5.91 Å². The van der Waals surface area contributed by atoms with Gasteiger partial charge in [-0.25, -0.2) is 0 Å². The number of carbonyl (C=O) groups is 2. The molecule has 1 rings (SSSR count). The summed E-state index contributed by atoms with van der Waals surface area (Å²) in [4.78, 5) is 23.9. The average molecular weight is 323 g/mol. The molecule has 0 bridgehead atoms. The van der Waals surface area contributed by atoms with Crippen LogP contribution in [0.3, 0.4) is 0 Å². The summed E-state index contributed by atoms with van der Waals surface area (Å²) >= 11 is 1.77. The Labute approximate surface area is 136 Å². The summed E-state index contributed by atoms with van der Waals surface area (Å²) in [6, 6.07) is 7.70. The summed E-state index contributed by atoms with van der Waals surface area (Å²) < 4.78 is 0.144. The summed E-state index contributed by atoms with van der Waals surface area (Å²) in [5.74, 6) is -1.05. The molecule has 0 atom stereocenters. The van der Waals surface area contributed by atoms with Gasteiger partial charge in [0.25, 0.3) is 0 Å². The molecule has 1 aromatic carbocycles. The smallest absolute Gasteiger partial charge is 0.303 e. The minimum absolute atomic E-state index is 0.0262. The van der Waals surface area contributed by atoms with Crippen LogP contribution in [0.4, 0.5) is 5.69 Å². The molecule has 0 aromatic heterocycles. The third-order valence-electron chi connectivity index (χ3n) is 2.83. The van der Waals surface area contributed by atoms with Crippen LogP contribution in [0.1, 0.15) is 47.5 Å². The van der Waals surface area contributed by atoms with E-state index in [4.69, 9.17) is 5.11 Å². The Morgan fingerprint density at radius 2 is 1.59 bits per heavy atom. The second-order valence-electron chi connectivity index (χ2n) is 7.20. The summed E-state index contributed by atoms with van der Waals surface area (Å²) in [5.41, 5.74) is 0.173. The molecule has 0 aliphatic rings. The maximum atomic E-state index is 12.0. The van der Waals surface area contributed by atoms with E-state index >= 15 is 0 Å². The van der Waals surface area contributed by atoms with Crippen molar-refractivity contribution < 1.29 is 14.7 Å². The predicted molar refractivity (Wildman–Crippen MR) is 91.3 cm³/mol. The van der Waals surface area contributed by atoms with E-state index in [2.05, 4.69) is 26.1 Å². The third-order valence-corrected chi connectivity index (χ3v) is 3.95. The number of hydrogen-bond donors (Lipinski definition) is 2. The van der Waals surface area contributed by atoms with Gasteiger partial charge in [-0.3, -0.25) is 9.59 Å². The number of carbonyl (C=O) groups excluding carboxylic acids is 1. The van der Waals surface area contributed by atoms with E-state index in [0.717, 1.165) is 10.6 Å². The molecular formula is C17H25NO3S. The topological polar surface area (TPSA) is 66.4 Å². The van der Waals surface area contributed by atoms with Crippen molar-refractivity contribution in [3.05, 3.63) is 24.3 Å². The van der Waals surface area contributed by atoms with Crippen LogP contribution >= 0.6 is 11.8 Å². The number of aliphatic carboxylic acids is 1. The number of hydrogen-bond acceptors (Lipinski definition) is 3. The Kier molecular flexibility index (Phi) is 6.06. The number of carboxylic acid groups (broad SMARTS) is 1. The molecule has 0 radical (unpaired) electrons. The molecule has 2 N–H and O–H groups in total. The largest absolute Gasteiger partial charge is 0.481 e. The van der Waals surface area contributed by atoms with Crippen LogP contribution in [0.15, 0.2) is 29.2 Å². The van der Waals surface area contributed by atoms with Crippen LogP contribution in [0.2, 0.25) is 0 Å². The lowest BCUT2D eigenvalue weighted by atomic mass is 9.85. The Morgan fingerprint density at radius 3 is 2.05 bits per heavy atom. The molecule has 0 heterocycles. The van der Waals surface area contributed by atoms with Gasteiger partial charge >= 0.3 is 5.97 Å². The number of thioether (sulfide) groups is 1. The van der Waals surface area contributed by atoms with Crippen LogP contribution in [-0.2, 0) is 9.59 Å². The van der Waals surface area contributed by atoms with Crippen molar-refractivity contribution in [1.29, 1.82) is 0 Å². The first kappa shape index (κ1) is 18.6. The van der Waals surface area contributed by atoms with E-state index < -0.39 is 11.4 Å². The maximum absolute atomic E-state index is 12.0. The van der Waals surface area contributed by atoms with Crippen molar-refractivity contribution in [2.24, 2.45) is 5.41 Å². The second kappa shape index (κ2) is 7.18. The third kappa shape index (κ3) is 7.50. The monoisotopic (exact) mass is 323 g/mol. The van der Waals surface area contributed by atoms with Crippen LogP contribution in [0, 0.1) is 5.41 Å². The fourth-order valence-electron chi connectivity index (χ4n) is 2.07. The first-order valence-electron chi connectivity index (χ1n) is 7.28. The molecule has 0 spiro atoms. The van der Waals surface area contributed by atoms with Crippen LogP contribution in [-0.4, -0.2) is 21.7 Å². The molecule has 4 nitrogen and oxygen atoms in total. The summed E-state index contributed by atoms with van der Waals surface area (Å²) in [5, 5.41) is 11.7. The fourth-order valence-corrected chi connectivity index (χ4v) is 3.05. The molecule has 0 aliphatic heterocycles. The van der Waals surface area contributed by atoms with Crippen molar-refractivity contribution in [2.45, 2.75) is 57.1 Å². The molecule has 122 valence electrons. The summed E-state index contributed by atoms with van der Waals surface area (Å²) in [6.07, 6.45) is 0.152. The van der Waals surface area contributed by atoms with Crippen molar-refractivity contribution in [1.82, 2.24) is 0 Å². The van der Waals surface area contributed by atoms with Gasteiger partial charge in [0.05, 0.1) is 6.42 Å². The van der Waals surface area contributed by atoms with Gasteiger partial charge < -0.3 is 10.4 Å². The fraction of sp³-hybridized carbons (Fsp3) is 0.529. The van der Waals surface area contributed by atoms with Gasteiger partial charge in [0.1, 0.15) is 0 Å². The maximum Gasteiger partial charge on any atom is 0.303 e. The number of nitrogens with one attached hydrogen (secondary N) is 1. The Morgan fingerprint density at radius 1 is 1.05 bits per heavy atom. The summed E-state index contributed by atoms with van der Waals surface area (Å²) in [7, 11) is 0. The van der Waals surface area contributed by atoms with Gasteiger partial charge in [-0.05, 0) is 29.7 Å². The highest BCUT2D eigenvalue weighted by Gasteiger charge is 2.25. The quantitative estimate of drug-likeness (QED) is 0.761. The lowest BCUT2D eigenvalue weighted by Crippen LogP contribution is -2.24. The van der Waals surface area contributed by atoms with Gasteiger partial charge in [-0.15, -0.1) is 11.8 Å². The first-order valence-corrected chi connectivity index (χ1v) is 8.09. The zero-order chi connectivity index (χ0) is 17.0. The SMILES string of the molecule is CC(C)(CC(=O)O)CC(=O)Nc1ccc(SC(C)(C)C)cc1. The van der Waals surface area contributed by atoms with Crippen molar-refractivity contribution in [3.8, 4) is 0 Å². The molecule has 1 aromatic rings. The van der Waals surface area contributed by atoms with E-state index in [0.29, 0.717) is 0 Å². The summed E-state index contributed by atoms with van der Waals surface area (Å²) in [6.45, 7) is 10.0. The molecule has 0 fully saturated rings. The highest BCUT2D eigenvalue weighted by Crippen LogP contribution is 2.32. The minimum Gasteiger partial charge on any atom is -0.481 e. The highest BCUT2D eigenvalue weighted by atomic mass is 32.2. The van der Waals surface area contributed by atoms with Gasteiger partial charge in [-0.2, -0.15) is 0 Å². The molecule has 1 amide bonds. The van der Waals surface area contributed by atoms with E-state index in [9.17, 15) is 9.59 Å². The molecule has 0 saturated heterocycles. The van der Waals surface area contributed by atoms with E-state index in [1.54, 1.807) is 25.6 Å². The molecule has 0 aliphatic carbocycles. The van der Waals surface area contributed by atoms with Gasteiger partial charge in [0.15, 0.2) is 0 Å². The Hall–Kier alpha value is -1.49. The number of carboxylic acids is 1. The molecular weight excluding hydrogens is 298 g/mol. The Balaban J connectivity index is 2.60. The van der Waals surface area contributed by atoms with Crippen LogP contribution < -0.4 is 5.32 Å². The van der Waals surface area contributed by atoms with E-state index in [1.807, 2.05) is 24.3 Å². The Bertz CT molecular complexity index is 530. The number of benzene rings is 1. The normalized spacial score (nSPS) is 12.0. The predicted octanol–water partition coefficient (Wildman–Crippen LogP) is 4.41. The molecule has 5 heteroatoms. The van der Waals surface area contributed by atoms with Crippen molar-refractivity contribution in [2.75, 3.05) is 5.32 Å². The van der Waals surface area contributed by atoms with Gasteiger partial charge in [0, 0.05) is 21.8 Å². The second-order valence-corrected chi connectivity index (χ2v) is 9.10. The average Bonchev–Trinajstić information content (AvgIpc) is 2.26. The van der Waals surface area contributed by atoms with E-state index in [1.165, 1.54) is 0 Å². The molecule has 22 heavy (non-hydrogen) atoms. The molecule has 0 unspecified atom stereocenters. The zero-order valence-corrected chi connectivity index (χ0v) is 14.7. The lowest BCUT2D eigenvalue weighted by molar-refractivity contribution is -0.139. The first-order chi connectivity index (χ1) is 9.97. The highest BCUT2D eigenvalue weighted by molar-refractivity contribution is 8.00. The molecule has 0 saturated carbocycles. The van der Waals surface area contributed by atoms with Crippen molar-refractivity contribution in [3.63, 3.8) is 0 Å². The van der Waals surface area contributed by atoms with Crippen molar-refractivity contribution >= 4 is 29.3 Å². The minimum atomic E-state index is -0.888. The number of anilines is 1. The lowest BCUT2D eigenvalue weighted by Gasteiger charge is -2.21. The number of amides is 1. The zero-order valence-electron chi connectivity index (χ0n) is 13.9. The van der Waals surface area contributed by atoms with Gasteiger partial charge in [-0.1, -0.05) is 34.6 Å².